The molecule has 6 aromatic carbocycles. The summed E-state index contributed by atoms with van der Waals surface area (Å²) < 4.78 is 0. The molecular weight excluding hydrogens is 733 g/mol. The van der Waals surface area contributed by atoms with Crippen LogP contribution in [0.2, 0.25) is 0 Å². The van der Waals surface area contributed by atoms with E-state index in [1.807, 2.05) is 0 Å². The lowest BCUT2D eigenvalue weighted by atomic mass is 9.60. The lowest BCUT2D eigenvalue weighted by Crippen LogP contribution is -2.49. The second kappa shape index (κ2) is 14.3. The van der Waals surface area contributed by atoms with E-state index in [1.165, 1.54) is 50.5 Å². The van der Waals surface area contributed by atoms with Gasteiger partial charge in [-0.25, -0.2) is 0 Å². The van der Waals surface area contributed by atoms with Gasteiger partial charge < -0.3 is 31.9 Å². The van der Waals surface area contributed by atoms with Crippen LogP contribution in [0, 0.1) is 0 Å². The van der Waals surface area contributed by atoms with Crippen molar-refractivity contribution in [3.05, 3.63) is 167 Å². The van der Waals surface area contributed by atoms with Crippen molar-refractivity contribution in [2.24, 2.45) is 0 Å². The number of fused-ring (bicyclic) bond motifs is 3. The Balaban J connectivity index is 1.30. The number of para-hydroxylation sites is 3. The van der Waals surface area contributed by atoms with Gasteiger partial charge in [-0.2, -0.15) is 0 Å². The fraction of sp³-hybridized carbons (Fsp3) is 0.296. The molecule has 0 saturated heterocycles. The summed E-state index contributed by atoms with van der Waals surface area (Å²) in [6.45, 7) is 21.2. The number of nitrogens with one attached hydrogen (secondary N) is 6. The van der Waals surface area contributed by atoms with E-state index in [2.05, 4.69) is 234 Å². The second-order valence-corrected chi connectivity index (χ2v) is 19.8. The standard InChI is InChI=1S/C54H60N6/c1-35-32-50(2,3)59-48-42(35)27-40(56-37-21-15-11-16-22-37)29-44(48)54(9)34-52(6,7)60-49-45(30-41(31-46(49)54)57-38-23-17-12-18-24-38)53(8)33-51(4,5)58-47-26-25-39(28-43(47)53)55-36-19-13-10-14-20-36/h10-32,55-60H,33-34H2,1-9H3. The Morgan fingerprint density at radius 2 is 0.850 bits per heavy atom. The molecule has 0 aliphatic carbocycles. The average Bonchev–Trinajstić information content (AvgIpc) is 3.18. The van der Waals surface area contributed by atoms with Crippen molar-refractivity contribution in [2.45, 2.75) is 103 Å². The second-order valence-electron chi connectivity index (χ2n) is 19.8. The van der Waals surface area contributed by atoms with Crippen LogP contribution in [0.5, 0.6) is 0 Å². The Labute approximate surface area is 357 Å². The maximum Gasteiger partial charge on any atom is 0.0506 e. The zero-order chi connectivity index (χ0) is 42.1. The average molecular weight is 793 g/mol. The summed E-state index contributed by atoms with van der Waals surface area (Å²) in [7, 11) is 0. The van der Waals surface area contributed by atoms with Gasteiger partial charge in [0.25, 0.3) is 0 Å². The zero-order valence-electron chi connectivity index (χ0n) is 36.7. The topological polar surface area (TPSA) is 72.2 Å². The molecular formula is C54H60N6. The molecule has 0 aromatic heterocycles. The minimum absolute atomic E-state index is 0.171. The molecule has 9 rings (SSSR count). The van der Waals surface area contributed by atoms with Crippen LogP contribution >= 0.6 is 0 Å². The van der Waals surface area contributed by atoms with Crippen LogP contribution in [0.15, 0.2) is 140 Å². The summed E-state index contributed by atoms with van der Waals surface area (Å²) in [6.07, 6.45) is 4.15. The molecule has 0 saturated carbocycles. The molecule has 2 atom stereocenters. The first-order chi connectivity index (χ1) is 28.5. The predicted octanol–water partition coefficient (Wildman–Crippen LogP) is 14.3. The third-order valence-corrected chi connectivity index (χ3v) is 12.8. The summed E-state index contributed by atoms with van der Waals surface area (Å²) in [5.41, 5.74) is 16.3. The van der Waals surface area contributed by atoms with Crippen LogP contribution < -0.4 is 31.9 Å². The van der Waals surface area contributed by atoms with Gasteiger partial charge in [-0.15, -0.1) is 0 Å². The molecule has 0 amide bonds. The van der Waals surface area contributed by atoms with Gasteiger partial charge in [-0.3, -0.25) is 0 Å². The van der Waals surface area contributed by atoms with Gasteiger partial charge in [0.05, 0.1) is 5.54 Å². The van der Waals surface area contributed by atoms with E-state index >= 15 is 0 Å². The summed E-state index contributed by atoms with van der Waals surface area (Å²) >= 11 is 0. The molecule has 6 aromatic rings. The van der Waals surface area contributed by atoms with Crippen LogP contribution in [0.25, 0.3) is 5.57 Å². The van der Waals surface area contributed by atoms with Gasteiger partial charge in [0.15, 0.2) is 0 Å². The first-order valence-corrected chi connectivity index (χ1v) is 21.5. The molecule has 3 aliphatic rings. The zero-order valence-corrected chi connectivity index (χ0v) is 36.7. The maximum atomic E-state index is 4.20. The molecule has 60 heavy (non-hydrogen) atoms. The molecule has 0 spiro atoms. The molecule has 0 radical (unpaired) electrons. The van der Waals surface area contributed by atoms with E-state index in [0.29, 0.717) is 0 Å². The summed E-state index contributed by atoms with van der Waals surface area (Å²) in [6, 6.07) is 48.0. The highest BCUT2D eigenvalue weighted by Gasteiger charge is 2.49. The van der Waals surface area contributed by atoms with Crippen LogP contribution in [0.1, 0.15) is 103 Å². The van der Waals surface area contributed by atoms with Crippen molar-refractivity contribution in [2.75, 3.05) is 31.9 Å². The number of allylic oxidation sites excluding steroid dienone is 1. The summed E-state index contributed by atoms with van der Waals surface area (Å²) in [4.78, 5) is 0. The predicted molar refractivity (Wildman–Crippen MR) is 257 cm³/mol. The van der Waals surface area contributed by atoms with Gasteiger partial charge in [-0.05, 0) is 168 Å². The number of rotatable bonds is 8. The third-order valence-electron chi connectivity index (χ3n) is 12.8. The highest BCUT2D eigenvalue weighted by molar-refractivity contribution is 5.88. The highest BCUT2D eigenvalue weighted by atomic mass is 15.0. The van der Waals surface area contributed by atoms with E-state index in [0.717, 1.165) is 47.0 Å². The monoisotopic (exact) mass is 792 g/mol. The van der Waals surface area contributed by atoms with Crippen molar-refractivity contribution < 1.29 is 0 Å². The van der Waals surface area contributed by atoms with Gasteiger partial charge in [-0.1, -0.05) is 74.5 Å². The van der Waals surface area contributed by atoms with Crippen LogP contribution in [0.4, 0.5) is 51.2 Å². The maximum absolute atomic E-state index is 4.20. The first kappa shape index (κ1) is 39.3. The van der Waals surface area contributed by atoms with E-state index < -0.39 is 5.41 Å². The van der Waals surface area contributed by atoms with Crippen LogP contribution in [-0.4, -0.2) is 16.6 Å². The van der Waals surface area contributed by atoms with Gasteiger partial charge in [0.1, 0.15) is 0 Å². The number of hydrogen-bond acceptors (Lipinski definition) is 6. The third kappa shape index (κ3) is 7.38. The van der Waals surface area contributed by atoms with E-state index in [9.17, 15) is 0 Å². The Bertz CT molecular complexity index is 2610. The molecule has 0 fully saturated rings. The largest absolute Gasteiger partial charge is 0.380 e. The van der Waals surface area contributed by atoms with Crippen LogP contribution in [-0.2, 0) is 10.8 Å². The Hall–Kier alpha value is -6.14. The van der Waals surface area contributed by atoms with Gasteiger partial charge in [0, 0.05) is 78.7 Å². The Morgan fingerprint density at radius 1 is 0.417 bits per heavy atom. The smallest absolute Gasteiger partial charge is 0.0506 e. The molecule has 3 aliphatic heterocycles. The van der Waals surface area contributed by atoms with E-state index in [1.54, 1.807) is 0 Å². The van der Waals surface area contributed by atoms with Crippen molar-refractivity contribution in [3.63, 3.8) is 0 Å². The molecule has 6 heteroatoms. The fourth-order valence-corrected chi connectivity index (χ4v) is 10.8. The van der Waals surface area contributed by atoms with Gasteiger partial charge in [0.2, 0.25) is 0 Å². The lowest BCUT2D eigenvalue weighted by molar-refractivity contribution is 0.363. The minimum atomic E-state index is -0.412. The summed E-state index contributed by atoms with van der Waals surface area (Å²) in [5.74, 6) is 0. The normalized spacial score (nSPS) is 21.6. The molecule has 6 N–H and O–H groups in total. The summed E-state index contributed by atoms with van der Waals surface area (Å²) in [5, 5.41) is 23.6. The van der Waals surface area contributed by atoms with Crippen molar-refractivity contribution in [3.8, 4) is 0 Å². The highest BCUT2D eigenvalue weighted by Crippen LogP contribution is 2.58. The number of hydrogen-bond donors (Lipinski definition) is 6. The molecule has 2 unspecified atom stereocenters. The van der Waals surface area contributed by atoms with Crippen molar-refractivity contribution in [1.29, 1.82) is 0 Å². The lowest BCUT2D eigenvalue weighted by Gasteiger charge is -2.51. The van der Waals surface area contributed by atoms with Crippen molar-refractivity contribution in [1.82, 2.24) is 0 Å². The Morgan fingerprint density at radius 3 is 1.38 bits per heavy atom. The minimum Gasteiger partial charge on any atom is -0.380 e. The quantitative estimate of drug-likeness (QED) is 0.0922. The fourth-order valence-electron chi connectivity index (χ4n) is 10.8. The van der Waals surface area contributed by atoms with E-state index in [4.69, 9.17) is 0 Å². The first-order valence-electron chi connectivity index (χ1n) is 21.5. The van der Waals surface area contributed by atoms with Crippen molar-refractivity contribution >= 4 is 56.8 Å². The number of anilines is 9. The molecule has 0 bridgehead atoms. The molecule has 306 valence electrons. The van der Waals surface area contributed by atoms with E-state index in [-0.39, 0.29) is 22.0 Å². The SMILES string of the molecule is CC1=CC(C)(C)Nc2c1cc(Nc1ccccc1)cc2C1(C)CC(C)(C)Nc2c(C3(C)CC(C)(C)Nc4ccc(Nc5ccccc5)cc43)cc(Nc3ccccc3)cc21. The number of benzene rings is 6. The molecule has 3 heterocycles. The molecule has 6 nitrogen and oxygen atoms in total. The Kier molecular flexibility index (Phi) is 9.34. The van der Waals surface area contributed by atoms with Crippen LogP contribution in [0.3, 0.4) is 0 Å². The van der Waals surface area contributed by atoms with Gasteiger partial charge >= 0.3 is 0 Å².